The van der Waals surface area contributed by atoms with Crippen LogP contribution >= 0.6 is 23.2 Å². The van der Waals surface area contributed by atoms with Crippen LogP contribution in [-0.2, 0) is 6.42 Å². The van der Waals surface area contributed by atoms with Crippen LogP contribution in [-0.4, -0.2) is 22.4 Å². The van der Waals surface area contributed by atoms with Crippen LogP contribution in [0, 0.1) is 0 Å². The Morgan fingerprint density at radius 1 is 1.04 bits per heavy atom. The van der Waals surface area contributed by atoms with Gasteiger partial charge in [-0.1, -0.05) is 47.5 Å². The van der Waals surface area contributed by atoms with Gasteiger partial charge in [-0.05, 0) is 36.6 Å². The van der Waals surface area contributed by atoms with E-state index in [2.05, 4.69) is 21.4 Å². The molecule has 0 unspecified atom stereocenters. The van der Waals surface area contributed by atoms with Crippen molar-refractivity contribution in [2.75, 3.05) is 16.8 Å². The van der Waals surface area contributed by atoms with E-state index in [-0.39, 0.29) is 5.91 Å². The molecular weight excluding hydrogens is 383 g/mol. The van der Waals surface area contributed by atoms with Crippen LogP contribution in [0.2, 0.25) is 10.0 Å². The Bertz CT molecular complexity index is 992. The summed E-state index contributed by atoms with van der Waals surface area (Å²) in [4.78, 5) is 23.2. The number of halogens is 2. The Kier molecular flexibility index (Phi) is 4.97. The van der Waals surface area contributed by atoms with Crippen LogP contribution in [0.25, 0.3) is 0 Å². The van der Waals surface area contributed by atoms with Gasteiger partial charge in [0.2, 0.25) is 5.95 Å². The lowest BCUT2D eigenvalue weighted by molar-refractivity contribution is 0.0984. The number of amides is 1. The lowest BCUT2D eigenvalue weighted by atomic mass is 10.0. The van der Waals surface area contributed by atoms with Crippen molar-refractivity contribution in [2.45, 2.75) is 12.8 Å². The standard InChI is InChI=1S/C20H16Cl2N4O/c21-15-7-3-8-16(18(15)22)25-20-23-11-14(12-24-20)19(27)26-10-4-6-13-5-1-2-9-17(13)26/h1-3,5,7-9,11-12H,4,6,10H2,(H,23,24,25). The van der Waals surface area contributed by atoms with Crippen molar-refractivity contribution in [1.82, 2.24) is 9.97 Å². The van der Waals surface area contributed by atoms with Crippen molar-refractivity contribution in [1.29, 1.82) is 0 Å². The van der Waals surface area contributed by atoms with Gasteiger partial charge in [0.15, 0.2) is 0 Å². The van der Waals surface area contributed by atoms with E-state index in [1.807, 2.05) is 18.2 Å². The summed E-state index contributed by atoms with van der Waals surface area (Å²) >= 11 is 12.2. The fourth-order valence-electron chi connectivity index (χ4n) is 3.12. The van der Waals surface area contributed by atoms with E-state index in [1.54, 1.807) is 23.1 Å². The molecule has 136 valence electrons. The first-order valence-electron chi connectivity index (χ1n) is 8.56. The summed E-state index contributed by atoms with van der Waals surface area (Å²) in [5.74, 6) is 0.240. The smallest absolute Gasteiger partial charge is 0.261 e. The Hall–Kier alpha value is -2.63. The molecule has 1 amide bonds. The number of carbonyl (C=O) groups excluding carboxylic acids is 1. The highest BCUT2D eigenvalue weighted by Crippen LogP contribution is 2.31. The molecule has 1 aromatic heterocycles. The maximum Gasteiger partial charge on any atom is 0.261 e. The van der Waals surface area contributed by atoms with Crippen LogP contribution in [0.5, 0.6) is 0 Å². The normalized spacial score (nSPS) is 13.2. The van der Waals surface area contributed by atoms with E-state index >= 15 is 0 Å². The molecule has 7 heteroatoms. The Balaban J connectivity index is 1.54. The van der Waals surface area contributed by atoms with Crippen molar-refractivity contribution in [2.24, 2.45) is 0 Å². The minimum Gasteiger partial charge on any atom is -0.323 e. The maximum absolute atomic E-state index is 12.9. The Morgan fingerprint density at radius 3 is 2.63 bits per heavy atom. The lowest BCUT2D eigenvalue weighted by Gasteiger charge is -2.29. The molecule has 0 radical (unpaired) electrons. The number of aromatic nitrogens is 2. The van der Waals surface area contributed by atoms with Crippen LogP contribution in [0.15, 0.2) is 54.9 Å². The molecule has 2 aromatic carbocycles. The zero-order valence-corrected chi connectivity index (χ0v) is 15.8. The molecule has 0 fully saturated rings. The second-order valence-corrected chi connectivity index (χ2v) is 7.00. The first-order chi connectivity index (χ1) is 13.1. The largest absolute Gasteiger partial charge is 0.323 e. The van der Waals surface area contributed by atoms with Crippen LogP contribution in [0.1, 0.15) is 22.3 Å². The average molecular weight is 399 g/mol. The summed E-state index contributed by atoms with van der Waals surface area (Å²) in [5, 5.41) is 3.85. The first-order valence-corrected chi connectivity index (χ1v) is 9.32. The number of para-hydroxylation sites is 1. The molecule has 0 aliphatic carbocycles. The number of rotatable bonds is 3. The van der Waals surface area contributed by atoms with Crippen molar-refractivity contribution >= 4 is 46.4 Å². The monoisotopic (exact) mass is 398 g/mol. The number of aryl methyl sites for hydroxylation is 1. The molecule has 0 saturated carbocycles. The van der Waals surface area contributed by atoms with Gasteiger partial charge in [0.1, 0.15) is 0 Å². The highest BCUT2D eigenvalue weighted by Gasteiger charge is 2.23. The second kappa shape index (κ2) is 7.55. The molecule has 1 N–H and O–H groups in total. The number of fused-ring (bicyclic) bond motifs is 1. The first kappa shape index (κ1) is 17.8. The molecule has 27 heavy (non-hydrogen) atoms. The summed E-state index contributed by atoms with van der Waals surface area (Å²) in [6.45, 7) is 0.688. The molecule has 2 heterocycles. The van der Waals surface area contributed by atoms with Gasteiger partial charge in [-0.15, -0.1) is 0 Å². The zero-order valence-electron chi connectivity index (χ0n) is 14.3. The Morgan fingerprint density at radius 2 is 1.81 bits per heavy atom. The summed E-state index contributed by atoms with van der Waals surface area (Å²) in [6.07, 6.45) is 4.97. The number of hydrogen-bond donors (Lipinski definition) is 1. The summed E-state index contributed by atoms with van der Waals surface area (Å²) in [7, 11) is 0. The predicted octanol–water partition coefficient (Wildman–Crippen LogP) is 5.12. The molecule has 1 aliphatic rings. The SMILES string of the molecule is O=C(c1cnc(Nc2cccc(Cl)c2Cl)nc1)N1CCCc2ccccc21. The van der Waals surface area contributed by atoms with Crippen molar-refractivity contribution in [3.05, 3.63) is 76.0 Å². The zero-order chi connectivity index (χ0) is 18.8. The minimum atomic E-state index is -0.102. The minimum absolute atomic E-state index is 0.102. The number of anilines is 3. The highest BCUT2D eigenvalue weighted by atomic mass is 35.5. The third-order valence-electron chi connectivity index (χ3n) is 4.45. The van der Waals surface area contributed by atoms with Crippen LogP contribution in [0.4, 0.5) is 17.3 Å². The van der Waals surface area contributed by atoms with Gasteiger partial charge in [-0.3, -0.25) is 4.79 Å². The fourth-order valence-corrected chi connectivity index (χ4v) is 3.47. The van der Waals surface area contributed by atoms with Crippen molar-refractivity contribution in [3.63, 3.8) is 0 Å². The van der Waals surface area contributed by atoms with Crippen LogP contribution < -0.4 is 10.2 Å². The van der Waals surface area contributed by atoms with E-state index in [4.69, 9.17) is 23.2 Å². The van der Waals surface area contributed by atoms with Gasteiger partial charge in [0.25, 0.3) is 5.91 Å². The number of nitrogens with one attached hydrogen (secondary N) is 1. The van der Waals surface area contributed by atoms with Gasteiger partial charge in [0, 0.05) is 24.6 Å². The number of benzene rings is 2. The number of nitrogens with zero attached hydrogens (tertiary/aromatic N) is 3. The quantitative estimate of drug-likeness (QED) is 0.664. The highest BCUT2D eigenvalue weighted by molar-refractivity contribution is 6.43. The molecule has 0 saturated heterocycles. The molecule has 3 aromatic rings. The van der Waals surface area contributed by atoms with Gasteiger partial charge in [-0.25, -0.2) is 9.97 Å². The number of hydrogen-bond acceptors (Lipinski definition) is 4. The molecule has 0 atom stereocenters. The number of carbonyl (C=O) groups is 1. The molecular formula is C20H16Cl2N4O. The maximum atomic E-state index is 12.9. The lowest BCUT2D eigenvalue weighted by Crippen LogP contribution is -2.35. The topological polar surface area (TPSA) is 58.1 Å². The molecule has 0 spiro atoms. The van der Waals surface area contributed by atoms with Crippen molar-refractivity contribution in [3.8, 4) is 0 Å². The third kappa shape index (κ3) is 3.61. The molecule has 1 aliphatic heterocycles. The molecule has 5 nitrogen and oxygen atoms in total. The molecule has 0 bridgehead atoms. The van der Waals surface area contributed by atoms with Crippen LogP contribution in [0.3, 0.4) is 0 Å². The predicted molar refractivity (Wildman–Crippen MR) is 108 cm³/mol. The fraction of sp³-hybridized carbons (Fsp3) is 0.150. The van der Waals surface area contributed by atoms with E-state index in [1.165, 1.54) is 18.0 Å². The van der Waals surface area contributed by atoms with E-state index in [0.29, 0.717) is 33.8 Å². The second-order valence-electron chi connectivity index (χ2n) is 6.21. The average Bonchev–Trinajstić information content (AvgIpc) is 2.71. The summed E-state index contributed by atoms with van der Waals surface area (Å²) in [5.41, 5.74) is 3.19. The van der Waals surface area contributed by atoms with Gasteiger partial charge < -0.3 is 10.2 Å². The van der Waals surface area contributed by atoms with Gasteiger partial charge >= 0.3 is 0 Å². The summed E-state index contributed by atoms with van der Waals surface area (Å²) in [6, 6.07) is 13.2. The molecule has 4 rings (SSSR count). The van der Waals surface area contributed by atoms with Crippen molar-refractivity contribution < 1.29 is 4.79 Å². The summed E-state index contributed by atoms with van der Waals surface area (Å²) < 4.78 is 0. The van der Waals surface area contributed by atoms with Gasteiger partial charge in [0.05, 0.1) is 21.3 Å². The third-order valence-corrected chi connectivity index (χ3v) is 5.27. The van der Waals surface area contributed by atoms with Gasteiger partial charge in [-0.2, -0.15) is 0 Å². The van der Waals surface area contributed by atoms with E-state index in [9.17, 15) is 4.79 Å². The Labute approximate surface area is 167 Å². The van der Waals surface area contributed by atoms with E-state index in [0.717, 1.165) is 18.5 Å². The van der Waals surface area contributed by atoms with E-state index < -0.39 is 0 Å².